The Kier molecular flexibility index (Phi) is 5.15. The highest BCUT2D eigenvalue weighted by Gasteiger charge is 2.05. The SMILES string of the molecule is CC(C)CNCc1ccn(Cc2cc(F)ccc2Cl)n1. The first-order valence-corrected chi connectivity index (χ1v) is 7.09. The molecule has 0 saturated heterocycles. The van der Waals surface area contributed by atoms with Gasteiger partial charge < -0.3 is 5.32 Å². The summed E-state index contributed by atoms with van der Waals surface area (Å²) in [6.07, 6.45) is 1.88. The van der Waals surface area contributed by atoms with E-state index in [1.807, 2.05) is 12.3 Å². The predicted octanol–water partition coefficient (Wildman–Crippen LogP) is 3.47. The van der Waals surface area contributed by atoms with Gasteiger partial charge in [0.2, 0.25) is 0 Å². The van der Waals surface area contributed by atoms with E-state index in [2.05, 4.69) is 24.3 Å². The van der Waals surface area contributed by atoms with Crippen LogP contribution < -0.4 is 5.32 Å². The maximum absolute atomic E-state index is 13.2. The molecule has 2 rings (SSSR count). The molecule has 0 aliphatic rings. The van der Waals surface area contributed by atoms with E-state index >= 15 is 0 Å². The zero-order valence-electron chi connectivity index (χ0n) is 11.7. The van der Waals surface area contributed by atoms with Crippen LogP contribution in [0, 0.1) is 11.7 Å². The summed E-state index contributed by atoms with van der Waals surface area (Å²) in [5, 5.41) is 8.34. The molecule has 0 aliphatic heterocycles. The van der Waals surface area contributed by atoms with Gasteiger partial charge in [-0.2, -0.15) is 5.10 Å². The van der Waals surface area contributed by atoms with Gasteiger partial charge >= 0.3 is 0 Å². The van der Waals surface area contributed by atoms with E-state index in [-0.39, 0.29) is 5.82 Å². The lowest BCUT2D eigenvalue weighted by molar-refractivity contribution is 0.543. The topological polar surface area (TPSA) is 29.9 Å². The normalized spacial score (nSPS) is 11.2. The molecule has 1 aromatic carbocycles. The Bertz CT molecular complexity index is 566. The Morgan fingerprint density at radius 3 is 2.90 bits per heavy atom. The predicted molar refractivity (Wildman–Crippen MR) is 79.3 cm³/mol. The van der Waals surface area contributed by atoms with Crippen LogP contribution in [0.4, 0.5) is 4.39 Å². The van der Waals surface area contributed by atoms with Crippen LogP contribution in [0.15, 0.2) is 30.5 Å². The van der Waals surface area contributed by atoms with Crippen LogP contribution >= 0.6 is 11.6 Å². The first kappa shape index (κ1) is 15.0. The van der Waals surface area contributed by atoms with Gasteiger partial charge in [-0.1, -0.05) is 25.4 Å². The molecule has 0 fully saturated rings. The first-order valence-electron chi connectivity index (χ1n) is 6.71. The molecule has 5 heteroatoms. The molecule has 0 spiro atoms. The maximum Gasteiger partial charge on any atom is 0.123 e. The molecule has 0 radical (unpaired) electrons. The second kappa shape index (κ2) is 6.86. The highest BCUT2D eigenvalue weighted by Crippen LogP contribution is 2.18. The average Bonchev–Trinajstić information content (AvgIpc) is 2.81. The third kappa shape index (κ3) is 4.32. The monoisotopic (exact) mass is 295 g/mol. The van der Waals surface area contributed by atoms with E-state index in [1.54, 1.807) is 10.7 Å². The Labute approximate surface area is 123 Å². The Hall–Kier alpha value is -1.39. The number of nitrogens with zero attached hydrogens (tertiary/aromatic N) is 2. The minimum absolute atomic E-state index is 0.282. The number of aromatic nitrogens is 2. The number of hydrogen-bond acceptors (Lipinski definition) is 2. The molecule has 0 atom stereocenters. The molecular weight excluding hydrogens is 277 g/mol. The van der Waals surface area contributed by atoms with Gasteiger partial charge in [-0.3, -0.25) is 4.68 Å². The number of hydrogen-bond donors (Lipinski definition) is 1. The van der Waals surface area contributed by atoms with Gasteiger partial charge in [0.15, 0.2) is 0 Å². The fourth-order valence-electron chi connectivity index (χ4n) is 1.91. The van der Waals surface area contributed by atoms with Crippen LogP contribution in [0.2, 0.25) is 5.02 Å². The summed E-state index contributed by atoms with van der Waals surface area (Å²) >= 11 is 6.05. The maximum atomic E-state index is 13.2. The highest BCUT2D eigenvalue weighted by molar-refractivity contribution is 6.31. The van der Waals surface area contributed by atoms with Crippen molar-refractivity contribution < 1.29 is 4.39 Å². The molecule has 0 saturated carbocycles. The summed E-state index contributed by atoms with van der Waals surface area (Å²) in [5.41, 5.74) is 1.70. The highest BCUT2D eigenvalue weighted by atomic mass is 35.5. The zero-order chi connectivity index (χ0) is 14.5. The molecule has 1 N–H and O–H groups in total. The summed E-state index contributed by atoms with van der Waals surface area (Å²) < 4.78 is 15.0. The summed E-state index contributed by atoms with van der Waals surface area (Å²) in [6.45, 7) is 6.50. The molecule has 1 aromatic heterocycles. The van der Waals surface area contributed by atoms with Crippen LogP contribution in [0.5, 0.6) is 0 Å². The van der Waals surface area contributed by atoms with E-state index in [4.69, 9.17) is 11.6 Å². The molecule has 0 bridgehead atoms. The lowest BCUT2D eigenvalue weighted by Gasteiger charge is -2.06. The quantitative estimate of drug-likeness (QED) is 0.884. The largest absolute Gasteiger partial charge is 0.311 e. The van der Waals surface area contributed by atoms with E-state index < -0.39 is 0 Å². The molecule has 20 heavy (non-hydrogen) atoms. The Morgan fingerprint density at radius 1 is 1.35 bits per heavy atom. The molecule has 108 valence electrons. The van der Waals surface area contributed by atoms with Crippen LogP contribution in [-0.4, -0.2) is 16.3 Å². The second-order valence-corrected chi connectivity index (χ2v) is 5.67. The van der Waals surface area contributed by atoms with Gasteiger partial charge in [-0.05, 0) is 42.3 Å². The Balaban J connectivity index is 1.97. The number of benzene rings is 1. The van der Waals surface area contributed by atoms with Gasteiger partial charge in [-0.25, -0.2) is 4.39 Å². The summed E-state index contributed by atoms with van der Waals surface area (Å²) in [4.78, 5) is 0. The zero-order valence-corrected chi connectivity index (χ0v) is 12.5. The molecule has 0 unspecified atom stereocenters. The number of halogens is 2. The van der Waals surface area contributed by atoms with Crippen molar-refractivity contribution in [1.29, 1.82) is 0 Å². The van der Waals surface area contributed by atoms with Crippen molar-refractivity contribution in [2.24, 2.45) is 5.92 Å². The van der Waals surface area contributed by atoms with Crippen molar-refractivity contribution in [3.8, 4) is 0 Å². The average molecular weight is 296 g/mol. The molecule has 1 heterocycles. The minimum atomic E-state index is -0.282. The number of rotatable bonds is 6. The van der Waals surface area contributed by atoms with Crippen molar-refractivity contribution in [2.75, 3.05) is 6.54 Å². The van der Waals surface area contributed by atoms with E-state index in [9.17, 15) is 4.39 Å². The van der Waals surface area contributed by atoms with Crippen LogP contribution in [-0.2, 0) is 13.1 Å². The van der Waals surface area contributed by atoms with Gasteiger partial charge in [0.1, 0.15) is 5.82 Å². The van der Waals surface area contributed by atoms with Crippen molar-refractivity contribution in [3.05, 3.63) is 52.6 Å². The van der Waals surface area contributed by atoms with E-state index in [0.717, 1.165) is 24.3 Å². The van der Waals surface area contributed by atoms with Crippen molar-refractivity contribution in [3.63, 3.8) is 0 Å². The fraction of sp³-hybridized carbons (Fsp3) is 0.400. The summed E-state index contributed by atoms with van der Waals surface area (Å²) in [5.74, 6) is 0.332. The fourth-order valence-corrected chi connectivity index (χ4v) is 2.09. The van der Waals surface area contributed by atoms with Crippen molar-refractivity contribution in [2.45, 2.75) is 26.9 Å². The third-order valence-corrected chi connectivity index (χ3v) is 3.26. The smallest absolute Gasteiger partial charge is 0.123 e. The van der Waals surface area contributed by atoms with Gasteiger partial charge in [0.05, 0.1) is 12.2 Å². The van der Waals surface area contributed by atoms with Crippen molar-refractivity contribution >= 4 is 11.6 Å². The molecule has 3 nitrogen and oxygen atoms in total. The van der Waals surface area contributed by atoms with Gasteiger partial charge in [0.25, 0.3) is 0 Å². The second-order valence-electron chi connectivity index (χ2n) is 5.27. The van der Waals surface area contributed by atoms with Crippen LogP contribution in [0.3, 0.4) is 0 Å². The molecule has 0 aliphatic carbocycles. The van der Waals surface area contributed by atoms with E-state index in [0.29, 0.717) is 17.5 Å². The molecule has 0 amide bonds. The Morgan fingerprint density at radius 2 is 2.15 bits per heavy atom. The van der Waals surface area contributed by atoms with Crippen LogP contribution in [0.1, 0.15) is 25.1 Å². The van der Waals surface area contributed by atoms with Gasteiger partial charge in [-0.15, -0.1) is 0 Å². The van der Waals surface area contributed by atoms with Crippen LogP contribution in [0.25, 0.3) is 0 Å². The lowest BCUT2D eigenvalue weighted by Crippen LogP contribution is -2.19. The first-order chi connectivity index (χ1) is 9.54. The summed E-state index contributed by atoms with van der Waals surface area (Å²) in [7, 11) is 0. The lowest BCUT2D eigenvalue weighted by atomic mass is 10.2. The number of nitrogens with one attached hydrogen (secondary N) is 1. The molecule has 2 aromatic rings. The summed E-state index contributed by atoms with van der Waals surface area (Å²) in [6, 6.07) is 6.33. The standard InChI is InChI=1S/C15H19ClFN3/c1-11(2)8-18-9-14-5-6-20(19-14)10-12-7-13(17)3-4-15(12)16/h3-7,11,18H,8-10H2,1-2H3. The van der Waals surface area contributed by atoms with Gasteiger partial charge in [0, 0.05) is 17.8 Å². The molecular formula is C15H19ClFN3. The minimum Gasteiger partial charge on any atom is -0.311 e. The third-order valence-electron chi connectivity index (χ3n) is 2.89. The van der Waals surface area contributed by atoms with E-state index in [1.165, 1.54) is 12.1 Å². The van der Waals surface area contributed by atoms with Crippen molar-refractivity contribution in [1.82, 2.24) is 15.1 Å².